The lowest BCUT2D eigenvalue weighted by Gasteiger charge is -2.37. The van der Waals surface area contributed by atoms with Crippen LogP contribution in [0, 0.1) is 12.8 Å². The van der Waals surface area contributed by atoms with Gasteiger partial charge in [-0.2, -0.15) is 20.5 Å². The van der Waals surface area contributed by atoms with Crippen molar-refractivity contribution >= 4 is 5.91 Å². The van der Waals surface area contributed by atoms with Gasteiger partial charge in [0.25, 0.3) is 5.91 Å². The lowest BCUT2D eigenvalue weighted by Crippen LogP contribution is -2.45. The Kier molecular flexibility index (Phi) is 4.02. The van der Waals surface area contributed by atoms with Crippen LogP contribution in [0.5, 0.6) is 0 Å². The number of nitrogens with one attached hydrogen (secondary N) is 1. The number of aromatic nitrogens is 6. The number of nitrogens with zero attached hydrogens (tertiary/aromatic N) is 6. The Morgan fingerprint density at radius 3 is 2.62 bits per heavy atom. The van der Waals surface area contributed by atoms with Gasteiger partial charge in [0.15, 0.2) is 17.3 Å². The van der Waals surface area contributed by atoms with Crippen molar-refractivity contribution in [2.75, 3.05) is 6.54 Å². The number of benzene rings is 1. The molecule has 1 N–H and O–H groups in total. The van der Waals surface area contributed by atoms with Gasteiger partial charge in [-0.15, -0.1) is 0 Å². The van der Waals surface area contributed by atoms with E-state index in [1.54, 1.807) is 6.92 Å². The van der Waals surface area contributed by atoms with Crippen molar-refractivity contribution in [3.8, 4) is 11.4 Å². The van der Waals surface area contributed by atoms with Crippen LogP contribution in [0.4, 0.5) is 0 Å². The number of fused-ring (bicyclic) bond motifs is 1. The number of rotatable bonds is 3. The highest BCUT2D eigenvalue weighted by Crippen LogP contribution is 2.33. The molecule has 0 spiro atoms. The first-order valence-electron chi connectivity index (χ1n) is 8.74. The summed E-state index contributed by atoms with van der Waals surface area (Å²) in [4.78, 5) is 19.6. The van der Waals surface area contributed by atoms with E-state index in [-0.39, 0.29) is 17.9 Å². The van der Waals surface area contributed by atoms with Gasteiger partial charge in [0.1, 0.15) is 0 Å². The average Bonchev–Trinajstić information content (AvgIpc) is 3.26. The van der Waals surface area contributed by atoms with Gasteiger partial charge >= 0.3 is 0 Å². The van der Waals surface area contributed by atoms with E-state index in [0.29, 0.717) is 30.3 Å². The van der Waals surface area contributed by atoms with Crippen LogP contribution in [0.15, 0.2) is 30.3 Å². The second kappa shape index (κ2) is 6.36. The maximum atomic E-state index is 13.0. The summed E-state index contributed by atoms with van der Waals surface area (Å²) in [6.07, 6.45) is 0. The first-order chi connectivity index (χ1) is 12.6. The molecule has 0 unspecified atom stereocenters. The molecule has 8 nitrogen and oxygen atoms in total. The number of carbonyl (C=O) groups is 1. The van der Waals surface area contributed by atoms with Crippen molar-refractivity contribution in [1.82, 2.24) is 35.1 Å². The van der Waals surface area contributed by atoms with Crippen LogP contribution in [0.25, 0.3) is 11.4 Å². The number of aromatic amines is 1. The molecule has 0 aliphatic carbocycles. The van der Waals surface area contributed by atoms with E-state index >= 15 is 0 Å². The summed E-state index contributed by atoms with van der Waals surface area (Å²) in [5.74, 6) is 1.58. The maximum absolute atomic E-state index is 13.0. The molecule has 3 heterocycles. The smallest absolute Gasteiger partial charge is 0.277 e. The third kappa shape index (κ3) is 2.67. The van der Waals surface area contributed by atoms with Crippen LogP contribution in [0.2, 0.25) is 0 Å². The van der Waals surface area contributed by atoms with Crippen LogP contribution < -0.4 is 0 Å². The molecule has 0 fully saturated rings. The SMILES string of the molecule is Cc1n[nH]nc1C(=O)N1CCn2nc(-c3ccccc3)nc2[C@@H]1C(C)C. The molecule has 3 aromatic rings. The standard InChI is InChI=1S/C18H21N7O/c1-11(2)15-17-19-16(13-7-5-4-6-8-13)22-25(17)10-9-24(15)18(26)14-12(3)20-23-21-14/h4-8,11,15H,9-10H2,1-3H3,(H,20,21,23)/t15-/m0/s1. The molecule has 0 radical (unpaired) electrons. The second-order valence-corrected chi connectivity index (χ2v) is 6.83. The Morgan fingerprint density at radius 2 is 1.96 bits per heavy atom. The highest BCUT2D eigenvalue weighted by atomic mass is 16.2. The first-order valence-corrected chi connectivity index (χ1v) is 8.74. The Bertz CT molecular complexity index is 928. The zero-order valence-corrected chi connectivity index (χ0v) is 15.0. The van der Waals surface area contributed by atoms with E-state index in [2.05, 4.69) is 34.4 Å². The number of hydrogen-bond acceptors (Lipinski definition) is 5. The Hall–Kier alpha value is -3.03. The zero-order valence-electron chi connectivity index (χ0n) is 15.0. The number of aryl methyl sites for hydroxylation is 1. The summed E-state index contributed by atoms with van der Waals surface area (Å²) in [6.45, 7) is 7.14. The molecule has 8 heteroatoms. The minimum atomic E-state index is -0.155. The molecular formula is C18H21N7O. The minimum absolute atomic E-state index is 0.120. The molecule has 0 saturated heterocycles. The number of H-pyrrole nitrogens is 1. The molecule has 4 rings (SSSR count). The molecular weight excluding hydrogens is 330 g/mol. The molecule has 1 aliphatic rings. The van der Waals surface area contributed by atoms with E-state index in [9.17, 15) is 4.79 Å². The van der Waals surface area contributed by atoms with Crippen molar-refractivity contribution in [2.45, 2.75) is 33.4 Å². The van der Waals surface area contributed by atoms with Crippen LogP contribution in [-0.4, -0.2) is 47.5 Å². The highest BCUT2D eigenvalue weighted by Gasteiger charge is 2.37. The fourth-order valence-electron chi connectivity index (χ4n) is 3.44. The maximum Gasteiger partial charge on any atom is 0.277 e. The monoisotopic (exact) mass is 351 g/mol. The molecule has 134 valence electrons. The summed E-state index contributed by atoms with van der Waals surface area (Å²) < 4.78 is 1.92. The fraction of sp³-hybridized carbons (Fsp3) is 0.389. The summed E-state index contributed by atoms with van der Waals surface area (Å²) in [5, 5.41) is 15.2. The van der Waals surface area contributed by atoms with Crippen molar-refractivity contribution in [3.05, 3.63) is 47.5 Å². The van der Waals surface area contributed by atoms with Crippen molar-refractivity contribution in [1.29, 1.82) is 0 Å². The van der Waals surface area contributed by atoms with Gasteiger partial charge in [-0.1, -0.05) is 44.2 Å². The van der Waals surface area contributed by atoms with Gasteiger partial charge in [0.2, 0.25) is 0 Å². The topological polar surface area (TPSA) is 92.6 Å². The van der Waals surface area contributed by atoms with E-state index in [1.165, 1.54) is 0 Å². The molecule has 2 aromatic heterocycles. The molecule has 1 amide bonds. The molecule has 0 bridgehead atoms. The number of carbonyl (C=O) groups excluding carboxylic acids is 1. The van der Waals surface area contributed by atoms with Crippen LogP contribution in [0.3, 0.4) is 0 Å². The van der Waals surface area contributed by atoms with Gasteiger partial charge < -0.3 is 4.90 Å². The molecule has 1 aliphatic heterocycles. The minimum Gasteiger partial charge on any atom is -0.325 e. The first kappa shape index (κ1) is 16.4. The van der Waals surface area contributed by atoms with Crippen LogP contribution in [-0.2, 0) is 6.54 Å². The quantitative estimate of drug-likeness (QED) is 0.781. The van der Waals surface area contributed by atoms with Gasteiger partial charge in [0.05, 0.1) is 18.3 Å². The lowest BCUT2D eigenvalue weighted by molar-refractivity contribution is 0.0530. The van der Waals surface area contributed by atoms with Gasteiger partial charge in [0, 0.05) is 12.1 Å². The summed E-state index contributed by atoms with van der Waals surface area (Å²) >= 11 is 0. The summed E-state index contributed by atoms with van der Waals surface area (Å²) in [5.41, 5.74) is 1.95. The largest absolute Gasteiger partial charge is 0.325 e. The number of amides is 1. The van der Waals surface area contributed by atoms with Crippen molar-refractivity contribution in [2.24, 2.45) is 5.92 Å². The Morgan fingerprint density at radius 1 is 1.19 bits per heavy atom. The van der Waals surface area contributed by atoms with E-state index in [1.807, 2.05) is 39.9 Å². The normalized spacial score (nSPS) is 16.8. The van der Waals surface area contributed by atoms with Gasteiger partial charge in [-0.05, 0) is 12.8 Å². The highest BCUT2D eigenvalue weighted by molar-refractivity contribution is 5.93. The lowest BCUT2D eigenvalue weighted by atomic mass is 9.99. The van der Waals surface area contributed by atoms with Crippen molar-refractivity contribution in [3.63, 3.8) is 0 Å². The van der Waals surface area contributed by atoms with Crippen LogP contribution in [0.1, 0.15) is 41.9 Å². The predicted molar refractivity (Wildman–Crippen MR) is 95.2 cm³/mol. The zero-order chi connectivity index (χ0) is 18.3. The molecule has 1 atom stereocenters. The van der Waals surface area contributed by atoms with Gasteiger partial charge in [-0.25, -0.2) is 9.67 Å². The molecule has 1 aromatic carbocycles. The Labute approximate surface area is 151 Å². The fourth-order valence-corrected chi connectivity index (χ4v) is 3.44. The van der Waals surface area contributed by atoms with E-state index in [0.717, 1.165) is 11.4 Å². The summed E-state index contributed by atoms with van der Waals surface area (Å²) in [6, 6.07) is 9.74. The predicted octanol–water partition coefficient (Wildman–Crippen LogP) is 2.22. The van der Waals surface area contributed by atoms with Crippen LogP contribution >= 0.6 is 0 Å². The molecule has 26 heavy (non-hydrogen) atoms. The summed E-state index contributed by atoms with van der Waals surface area (Å²) in [7, 11) is 0. The average molecular weight is 351 g/mol. The molecule has 0 saturated carbocycles. The Balaban J connectivity index is 1.73. The van der Waals surface area contributed by atoms with E-state index < -0.39 is 0 Å². The number of hydrogen-bond donors (Lipinski definition) is 1. The van der Waals surface area contributed by atoms with Crippen molar-refractivity contribution < 1.29 is 4.79 Å². The third-order valence-corrected chi connectivity index (χ3v) is 4.70. The van der Waals surface area contributed by atoms with E-state index in [4.69, 9.17) is 4.98 Å². The third-order valence-electron chi connectivity index (χ3n) is 4.70. The second-order valence-electron chi connectivity index (χ2n) is 6.83. The van der Waals surface area contributed by atoms with Gasteiger partial charge in [-0.3, -0.25) is 4.79 Å².